The molecule has 0 spiro atoms. The average molecular weight is 265 g/mol. The normalized spacial score (nSPS) is 13.1. The first kappa shape index (κ1) is 9.63. The summed E-state index contributed by atoms with van der Waals surface area (Å²) in [6.45, 7) is 0.861. The third-order valence-electron chi connectivity index (χ3n) is 3.64. The van der Waals surface area contributed by atoms with Gasteiger partial charge in [0, 0.05) is 12.4 Å². The summed E-state index contributed by atoms with van der Waals surface area (Å²) in [5.41, 5.74) is 4.86. The van der Waals surface area contributed by atoms with Crippen LogP contribution in [0.5, 0.6) is 0 Å². The molecule has 0 saturated carbocycles. The summed E-state index contributed by atoms with van der Waals surface area (Å²) in [6, 6.07) is 8.27. The SMILES string of the molecule is c1cnc2c(c1)-c1sc3cn4ncccc4c3[n+]1C2. The minimum absolute atomic E-state index is 0.861. The lowest BCUT2D eigenvalue weighted by atomic mass is 10.2. The smallest absolute Gasteiger partial charge is 0.254 e. The Balaban J connectivity index is 1.94. The Morgan fingerprint density at radius 3 is 3.16 bits per heavy atom. The highest BCUT2D eigenvalue weighted by Gasteiger charge is 2.34. The van der Waals surface area contributed by atoms with E-state index in [-0.39, 0.29) is 0 Å². The van der Waals surface area contributed by atoms with Crippen molar-refractivity contribution in [3.05, 3.63) is 48.5 Å². The number of hydrogen-bond donors (Lipinski definition) is 0. The topological polar surface area (TPSA) is 34.1 Å². The lowest BCUT2D eigenvalue weighted by Crippen LogP contribution is -2.30. The zero-order valence-electron chi connectivity index (χ0n) is 9.95. The zero-order chi connectivity index (χ0) is 12.4. The number of thiazole rings is 1. The molecule has 0 radical (unpaired) electrons. The maximum Gasteiger partial charge on any atom is 0.272 e. The van der Waals surface area contributed by atoms with Gasteiger partial charge in [0.1, 0.15) is 15.9 Å². The number of fused-ring (bicyclic) bond motifs is 7. The van der Waals surface area contributed by atoms with E-state index < -0.39 is 0 Å². The van der Waals surface area contributed by atoms with Crippen LogP contribution < -0.4 is 4.57 Å². The molecular weight excluding hydrogens is 256 g/mol. The molecule has 0 amide bonds. The van der Waals surface area contributed by atoms with Crippen molar-refractivity contribution in [1.29, 1.82) is 0 Å². The van der Waals surface area contributed by atoms with Crippen molar-refractivity contribution in [3.8, 4) is 10.6 Å². The van der Waals surface area contributed by atoms with Crippen LogP contribution in [-0.2, 0) is 6.54 Å². The Bertz CT molecular complexity index is 951. The molecule has 1 aliphatic rings. The second-order valence-electron chi connectivity index (χ2n) is 4.69. The van der Waals surface area contributed by atoms with Crippen LogP contribution in [0, 0.1) is 0 Å². The van der Waals surface area contributed by atoms with Crippen LogP contribution in [0.4, 0.5) is 0 Å². The van der Waals surface area contributed by atoms with Crippen LogP contribution >= 0.6 is 11.3 Å². The highest BCUT2D eigenvalue weighted by Crippen LogP contribution is 2.36. The minimum atomic E-state index is 0.861. The van der Waals surface area contributed by atoms with Crippen molar-refractivity contribution in [3.63, 3.8) is 0 Å². The van der Waals surface area contributed by atoms with Crippen molar-refractivity contribution in [2.24, 2.45) is 0 Å². The molecule has 5 rings (SSSR count). The molecule has 4 nitrogen and oxygen atoms in total. The van der Waals surface area contributed by atoms with Gasteiger partial charge in [-0.15, -0.1) is 0 Å². The molecular formula is C14H9N4S+. The number of aromatic nitrogens is 4. The monoisotopic (exact) mass is 265 g/mol. The van der Waals surface area contributed by atoms with Gasteiger partial charge in [0.05, 0.1) is 11.8 Å². The molecule has 90 valence electrons. The molecule has 0 N–H and O–H groups in total. The average Bonchev–Trinajstić information content (AvgIpc) is 3.05. The predicted octanol–water partition coefficient (Wildman–Crippen LogP) is 2.26. The van der Waals surface area contributed by atoms with Gasteiger partial charge in [0.2, 0.25) is 0 Å². The minimum Gasteiger partial charge on any atom is -0.254 e. The van der Waals surface area contributed by atoms with Crippen LogP contribution in [0.25, 0.3) is 26.3 Å². The summed E-state index contributed by atoms with van der Waals surface area (Å²) in [7, 11) is 0. The number of pyridine rings is 1. The molecule has 0 unspecified atom stereocenters. The third-order valence-corrected chi connectivity index (χ3v) is 4.80. The van der Waals surface area contributed by atoms with Gasteiger partial charge < -0.3 is 0 Å². The molecule has 5 heteroatoms. The first-order valence-corrected chi connectivity index (χ1v) is 6.96. The summed E-state index contributed by atoms with van der Waals surface area (Å²) >= 11 is 1.82. The van der Waals surface area contributed by atoms with Crippen LogP contribution in [0.15, 0.2) is 42.9 Å². The van der Waals surface area contributed by atoms with Gasteiger partial charge in [-0.3, -0.25) is 4.98 Å². The van der Waals surface area contributed by atoms with Crippen molar-refractivity contribution < 1.29 is 4.57 Å². The second-order valence-corrected chi connectivity index (χ2v) is 5.72. The Morgan fingerprint density at radius 2 is 2.16 bits per heavy atom. The lowest BCUT2D eigenvalue weighted by Gasteiger charge is -1.90. The van der Waals surface area contributed by atoms with Gasteiger partial charge in [0.15, 0.2) is 6.54 Å². The van der Waals surface area contributed by atoms with Crippen LogP contribution in [0.2, 0.25) is 0 Å². The van der Waals surface area contributed by atoms with Gasteiger partial charge >= 0.3 is 0 Å². The van der Waals surface area contributed by atoms with Gasteiger partial charge in [-0.25, -0.2) is 4.52 Å². The fraction of sp³-hybridized carbons (Fsp3) is 0.0714. The summed E-state index contributed by atoms with van der Waals surface area (Å²) < 4.78 is 5.59. The van der Waals surface area contributed by atoms with Crippen LogP contribution in [-0.4, -0.2) is 14.6 Å². The van der Waals surface area contributed by atoms with Crippen LogP contribution in [0.1, 0.15) is 5.69 Å². The van der Waals surface area contributed by atoms with Gasteiger partial charge in [-0.05, 0) is 24.3 Å². The number of nitrogens with zero attached hydrogens (tertiary/aromatic N) is 4. The quantitative estimate of drug-likeness (QED) is 0.402. The van der Waals surface area contributed by atoms with Crippen molar-refractivity contribution in [1.82, 2.24) is 14.6 Å². The van der Waals surface area contributed by atoms with E-state index in [2.05, 4.69) is 33.0 Å². The Morgan fingerprint density at radius 1 is 1.21 bits per heavy atom. The Labute approximate surface area is 112 Å². The highest BCUT2D eigenvalue weighted by atomic mass is 32.1. The van der Waals surface area contributed by atoms with E-state index in [9.17, 15) is 0 Å². The fourth-order valence-corrected chi connectivity index (χ4v) is 4.07. The zero-order valence-corrected chi connectivity index (χ0v) is 10.8. The van der Waals surface area contributed by atoms with Gasteiger partial charge in [-0.1, -0.05) is 11.3 Å². The molecule has 0 saturated heterocycles. The van der Waals surface area contributed by atoms with Crippen molar-refractivity contribution in [2.45, 2.75) is 6.54 Å². The molecule has 4 aromatic heterocycles. The van der Waals surface area contributed by atoms with E-state index in [4.69, 9.17) is 0 Å². The second kappa shape index (κ2) is 3.19. The van der Waals surface area contributed by atoms with Crippen molar-refractivity contribution >= 4 is 27.1 Å². The standard InChI is InChI=1S/C14H9N4S/c1-3-9-10(15-5-1)7-17-13-11-4-2-6-16-18(11)8-12(13)19-14(9)17/h1-6,8H,7H2/q+1. The summed E-state index contributed by atoms with van der Waals surface area (Å²) in [4.78, 5) is 4.48. The molecule has 1 aliphatic heterocycles. The molecule has 0 bridgehead atoms. The summed E-state index contributed by atoms with van der Waals surface area (Å²) in [5, 5.41) is 5.66. The number of rotatable bonds is 0. The van der Waals surface area contributed by atoms with Crippen LogP contribution in [0.3, 0.4) is 0 Å². The molecule has 0 atom stereocenters. The van der Waals surface area contributed by atoms with Crippen molar-refractivity contribution in [2.75, 3.05) is 0 Å². The molecule has 0 fully saturated rings. The fourth-order valence-electron chi connectivity index (χ4n) is 2.84. The molecule has 0 aromatic carbocycles. The lowest BCUT2D eigenvalue weighted by molar-refractivity contribution is -0.641. The summed E-state index contributed by atoms with van der Waals surface area (Å²) in [6.07, 6.45) is 5.79. The largest absolute Gasteiger partial charge is 0.272 e. The van der Waals surface area contributed by atoms with E-state index in [1.807, 2.05) is 40.4 Å². The van der Waals surface area contributed by atoms with E-state index in [0.717, 1.165) is 12.1 Å². The Hall–Kier alpha value is -2.27. The first-order chi connectivity index (χ1) is 9.42. The van der Waals surface area contributed by atoms with Gasteiger partial charge in [-0.2, -0.15) is 9.67 Å². The Kier molecular flexibility index (Phi) is 1.62. The molecule has 4 aromatic rings. The summed E-state index contributed by atoms with van der Waals surface area (Å²) in [5.74, 6) is 0. The van der Waals surface area contributed by atoms with E-state index in [1.165, 1.54) is 26.5 Å². The molecule has 19 heavy (non-hydrogen) atoms. The van der Waals surface area contributed by atoms with E-state index in [1.54, 1.807) is 0 Å². The first-order valence-electron chi connectivity index (χ1n) is 6.15. The maximum atomic E-state index is 4.48. The third kappa shape index (κ3) is 1.11. The highest BCUT2D eigenvalue weighted by molar-refractivity contribution is 7.21. The maximum absolute atomic E-state index is 4.48. The number of hydrogen-bond acceptors (Lipinski definition) is 3. The molecule has 0 aliphatic carbocycles. The van der Waals surface area contributed by atoms with Gasteiger partial charge in [0.25, 0.3) is 10.5 Å². The molecule has 5 heterocycles. The predicted molar refractivity (Wildman–Crippen MR) is 73.1 cm³/mol. The van der Waals surface area contributed by atoms with E-state index in [0.29, 0.717) is 0 Å². The van der Waals surface area contributed by atoms with E-state index >= 15 is 0 Å².